The summed E-state index contributed by atoms with van der Waals surface area (Å²) in [5.41, 5.74) is 0.607. The Morgan fingerprint density at radius 3 is 2.40 bits per heavy atom. The van der Waals surface area contributed by atoms with Crippen LogP contribution in [0, 0.1) is 17.5 Å². The Kier molecular flexibility index (Phi) is 7.79. The zero-order valence-electron chi connectivity index (χ0n) is 19.1. The highest BCUT2D eigenvalue weighted by Gasteiger charge is 2.47. The van der Waals surface area contributed by atoms with E-state index in [-0.39, 0.29) is 31.2 Å². The van der Waals surface area contributed by atoms with Gasteiger partial charge in [0.25, 0.3) is 0 Å². The molecule has 2 unspecified atom stereocenters. The zero-order chi connectivity index (χ0) is 25.0. The van der Waals surface area contributed by atoms with E-state index >= 15 is 0 Å². The molecule has 2 atom stereocenters. The second-order valence-electron chi connectivity index (χ2n) is 8.52. The van der Waals surface area contributed by atoms with Gasteiger partial charge in [0.15, 0.2) is 17.5 Å². The number of nitrogens with zero attached hydrogens (tertiary/aromatic N) is 1. The van der Waals surface area contributed by atoms with Crippen molar-refractivity contribution >= 4 is 17.5 Å². The number of carbonyl (C=O) groups is 1. The Balaban J connectivity index is 1.69. The third-order valence-electron chi connectivity index (χ3n) is 6.33. The number of halogens is 4. The van der Waals surface area contributed by atoms with E-state index in [0.29, 0.717) is 18.0 Å². The molecule has 1 heterocycles. The first kappa shape index (κ1) is 25.2. The smallest absolute Gasteiger partial charge is 0.219 e. The molecule has 1 amide bonds. The van der Waals surface area contributed by atoms with Crippen molar-refractivity contribution in [1.82, 2.24) is 4.90 Å². The monoisotopic (exact) mass is 503 g/mol. The van der Waals surface area contributed by atoms with Gasteiger partial charge in [-0.25, -0.2) is 13.2 Å². The lowest BCUT2D eigenvalue weighted by Crippen LogP contribution is -2.56. The highest BCUT2D eigenvalue weighted by atomic mass is 35.5. The molecule has 3 aromatic rings. The predicted octanol–water partition coefficient (Wildman–Crippen LogP) is 6.01. The van der Waals surface area contributed by atoms with E-state index in [2.05, 4.69) is 0 Å². The van der Waals surface area contributed by atoms with Crippen LogP contribution in [0.25, 0.3) is 0 Å². The summed E-state index contributed by atoms with van der Waals surface area (Å²) < 4.78 is 54.2. The average Bonchev–Trinajstić information content (AvgIpc) is 2.87. The number of likely N-dealkylation sites (tertiary alicyclic amines) is 1. The van der Waals surface area contributed by atoms with E-state index in [1.807, 2.05) is 42.5 Å². The highest BCUT2D eigenvalue weighted by molar-refractivity contribution is 6.30. The van der Waals surface area contributed by atoms with Crippen molar-refractivity contribution in [1.29, 1.82) is 0 Å². The fraction of sp³-hybridized carbons (Fsp3) is 0.296. The maximum atomic E-state index is 14.3. The van der Waals surface area contributed by atoms with Crippen LogP contribution in [0.1, 0.15) is 30.0 Å². The first-order valence-corrected chi connectivity index (χ1v) is 11.6. The van der Waals surface area contributed by atoms with Crippen LogP contribution in [-0.2, 0) is 33.1 Å². The molecule has 0 saturated carbocycles. The predicted molar refractivity (Wildman–Crippen MR) is 126 cm³/mol. The van der Waals surface area contributed by atoms with E-state index < -0.39 is 29.2 Å². The first-order valence-electron chi connectivity index (χ1n) is 11.2. The van der Waals surface area contributed by atoms with Gasteiger partial charge in [0, 0.05) is 30.5 Å². The summed E-state index contributed by atoms with van der Waals surface area (Å²) in [4.78, 5) is 13.8. The van der Waals surface area contributed by atoms with Crippen LogP contribution in [-0.4, -0.2) is 30.0 Å². The molecule has 0 bridgehead atoms. The summed E-state index contributed by atoms with van der Waals surface area (Å²) in [7, 11) is 0. The molecule has 0 spiro atoms. The third-order valence-corrected chi connectivity index (χ3v) is 6.58. The van der Waals surface area contributed by atoms with Gasteiger partial charge in [-0.1, -0.05) is 60.1 Å². The summed E-state index contributed by atoms with van der Waals surface area (Å²) in [5, 5.41) is 0.550. The van der Waals surface area contributed by atoms with Crippen LogP contribution in [0.2, 0.25) is 5.02 Å². The Morgan fingerprint density at radius 1 is 1.00 bits per heavy atom. The number of piperidine rings is 1. The standard InChI is InChI=1S/C27H25ClF3NO3/c1-18(33)32-14-13-27(21-8-10-22(28)11-9-21,35-16-19-5-3-2-4-6-19)24(15-32)34-17-20-7-12-23(29)26(31)25(20)30/h2-12,24H,13-17H2,1H3. The summed E-state index contributed by atoms with van der Waals surface area (Å²) in [5.74, 6) is -4.25. The molecule has 3 aromatic carbocycles. The van der Waals surface area contributed by atoms with Crippen molar-refractivity contribution in [2.45, 2.75) is 38.3 Å². The van der Waals surface area contributed by atoms with Gasteiger partial charge in [-0.2, -0.15) is 0 Å². The molecule has 1 saturated heterocycles. The Bertz CT molecular complexity index is 1180. The second kappa shape index (κ2) is 10.8. The molecule has 8 heteroatoms. The molecular weight excluding hydrogens is 479 g/mol. The number of amides is 1. The summed E-state index contributed by atoms with van der Waals surface area (Å²) >= 11 is 6.12. The van der Waals surface area contributed by atoms with Gasteiger partial charge in [-0.3, -0.25) is 4.79 Å². The van der Waals surface area contributed by atoms with Crippen molar-refractivity contribution in [3.8, 4) is 0 Å². The number of ether oxygens (including phenoxy) is 2. The maximum absolute atomic E-state index is 14.3. The van der Waals surface area contributed by atoms with Gasteiger partial charge in [-0.15, -0.1) is 0 Å². The Hall–Kier alpha value is -2.87. The van der Waals surface area contributed by atoms with Crippen molar-refractivity contribution < 1.29 is 27.4 Å². The number of benzene rings is 3. The molecular formula is C27H25ClF3NO3. The molecule has 1 fully saturated rings. The molecule has 0 N–H and O–H groups in total. The van der Waals surface area contributed by atoms with Crippen LogP contribution in [0.3, 0.4) is 0 Å². The van der Waals surface area contributed by atoms with Crippen molar-refractivity contribution in [3.05, 3.63) is 106 Å². The molecule has 0 aliphatic carbocycles. The van der Waals surface area contributed by atoms with Crippen LogP contribution >= 0.6 is 11.6 Å². The van der Waals surface area contributed by atoms with E-state index in [1.54, 1.807) is 17.0 Å². The SMILES string of the molecule is CC(=O)N1CCC(OCc2ccccc2)(c2ccc(Cl)cc2)C(OCc2ccc(F)c(F)c2F)C1. The number of hydrogen-bond acceptors (Lipinski definition) is 3. The third kappa shape index (κ3) is 5.53. The minimum absolute atomic E-state index is 0.128. The van der Waals surface area contributed by atoms with Gasteiger partial charge in [-0.05, 0) is 29.3 Å². The lowest BCUT2D eigenvalue weighted by atomic mass is 9.81. The van der Waals surface area contributed by atoms with Crippen LogP contribution in [0.15, 0.2) is 66.7 Å². The van der Waals surface area contributed by atoms with E-state index in [9.17, 15) is 18.0 Å². The molecule has 0 radical (unpaired) electrons. The van der Waals surface area contributed by atoms with Crippen molar-refractivity contribution in [2.24, 2.45) is 0 Å². The van der Waals surface area contributed by atoms with Gasteiger partial charge in [0.1, 0.15) is 11.7 Å². The number of rotatable bonds is 7. The van der Waals surface area contributed by atoms with E-state index in [4.69, 9.17) is 21.1 Å². The minimum Gasteiger partial charge on any atom is -0.368 e. The first-order chi connectivity index (χ1) is 16.8. The van der Waals surface area contributed by atoms with Crippen molar-refractivity contribution in [3.63, 3.8) is 0 Å². The molecule has 1 aliphatic rings. The van der Waals surface area contributed by atoms with Crippen LogP contribution in [0.4, 0.5) is 13.2 Å². The normalized spacial score (nSPS) is 20.1. The maximum Gasteiger partial charge on any atom is 0.219 e. The van der Waals surface area contributed by atoms with E-state index in [1.165, 1.54) is 6.92 Å². The van der Waals surface area contributed by atoms with Gasteiger partial charge < -0.3 is 14.4 Å². The number of hydrogen-bond donors (Lipinski definition) is 0. The molecule has 35 heavy (non-hydrogen) atoms. The highest BCUT2D eigenvalue weighted by Crippen LogP contribution is 2.40. The average molecular weight is 504 g/mol. The fourth-order valence-electron chi connectivity index (χ4n) is 4.34. The minimum atomic E-state index is -1.55. The summed E-state index contributed by atoms with van der Waals surface area (Å²) in [6.45, 7) is 2.00. The van der Waals surface area contributed by atoms with Crippen molar-refractivity contribution in [2.75, 3.05) is 13.1 Å². The topological polar surface area (TPSA) is 38.8 Å². The zero-order valence-corrected chi connectivity index (χ0v) is 19.9. The Morgan fingerprint density at radius 2 is 1.71 bits per heavy atom. The largest absolute Gasteiger partial charge is 0.368 e. The molecule has 4 rings (SSSR count). The lowest BCUT2D eigenvalue weighted by molar-refractivity contribution is -0.195. The second-order valence-corrected chi connectivity index (χ2v) is 8.96. The molecule has 184 valence electrons. The molecule has 4 nitrogen and oxygen atoms in total. The fourth-order valence-corrected chi connectivity index (χ4v) is 4.47. The van der Waals surface area contributed by atoms with Gasteiger partial charge in [0.05, 0.1) is 19.8 Å². The number of carbonyl (C=O) groups excluding carboxylic acids is 1. The van der Waals surface area contributed by atoms with Gasteiger partial charge >= 0.3 is 0 Å². The molecule has 1 aliphatic heterocycles. The van der Waals surface area contributed by atoms with Gasteiger partial charge in [0.2, 0.25) is 5.91 Å². The van der Waals surface area contributed by atoms with Crippen LogP contribution in [0.5, 0.6) is 0 Å². The van der Waals surface area contributed by atoms with Crippen LogP contribution < -0.4 is 0 Å². The summed E-state index contributed by atoms with van der Waals surface area (Å²) in [6, 6.07) is 18.8. The molecule has 0 aromatic heterocycles. The Labute approximate surface area is 207 Å². The van der Waals surface area contributed by atoms with E-state index in [0.717, 1.165) is 23.3 Å². The summed E-state index contributed by atoms with van der Waals surface area (Å²) in [6.07, 6.45) is -0.316. The quantitative estimate of drug-likeness (QED) is 0.371. The lowest BCUT2D eigenvalue weighted by Gasteiger charge is -2.47.